The molecule has 0 unspecified atom stereocenters. The minimum Gasteiger partial charge on any atom is -0.325 e. The van der Waals surface area contributed by atoms with Gasteiger partial charge < -0.3 is 10.6 Å². The molecule has 160 valence electrons. The third-order valence-corrected chi connectivity index (χ3v) is 5.09. The number of halogens is 4. The molecule has 0 radical (unpaired) electrons. The molecule has 0 aliphatic rings. The number of hydrogen-bond acceptors (Lipinski definition) is 3. The normalized spacial score (nSPS) is 11.1. The Morgan fingerprint density at radius 3 is 2.19 bits per heavy atom. The number of benzene rings is 3. The van der Waals surface area contributed by atoms with Crippen molar-refractivity contribution in [3.63, 3.8) is 0 Å². The van der Waals surface area contributed by atoms with Gasteiger partial charge in [-0.05, 0) is 54.6 Å². The van der Waals surface area contributed by atoms with Crippen LogP contribution in [0.15, 0.2) is 77.7 Å². The van der Waals surface area contributed by atoms with Gasteiger partial charge in [0.2, 0.25) is 5.91 Å². The van der Waals surface area contributed by atoms with Crippen LogP contribution in [0.25, 0.3) is 0 Å². The van der Waals surface area contributed by atoms with Gasteiger partial charge in [-0.25, -0.2) is 4.39 Å². The molecule has 9 heteroatoms. The summed E-state index contributed by atoms with van der Waals surface area (Å²) in [5, 5.41) is 4.61. The number of rotatable bonds is 6. The highest BCUT2D eigenvalue weighted by atomic mass is 32.2. The zero-order chi connectivity index (χ0) is 22.4. The average molecular weight is 448 g/mol. The standard InChI is InChI=1S/C22H16F4N2O2S/c23-15-8-6-14(7-9-15)21(30)27-16-10-11-19(18(12-16)22(24,25)26)28-20(29)13-31-17-4-2-1-3-5-17/h1-12H,13H2,(H,27,30)(H,28,29). The molecule has 0 spiro atoms. The molecule has 2 amide bonds. The fourth-order valence-electron chi connectivity index (χ4n) is 2.62. The van der Waals surface area contributed by atoms with Crippen molar-refractivity contribution >= 4 is 35.0 Å². The lowest BCUT2D eigenvalue weighted by atomic mass is 10.1. The molecule has 31 heavy (non-hydrogen) atoms. The van der Waals surface area contributed by atoms with Crippen LogP contribution in [0.5, 0.6) is 0 Å². The monoisotopic (exact) mass is 448 g/mol. The molecule has 0 heterocycles. The van der Waals surface area contributed by atoms with Crippen LogP contribution >= 0.6 is 11.8 Å². The van der Waals surface area contributed by atoms with E-state index in [2.05, 4.69) is 10.6 Å². The Labute approximate surface area is 179 Å². The van der Waals surface area contributed by atoms with Crippen molar-refractivity contribution in [1.82, 2.24) is 0 Å². The zero-order valence-corrected chi connectivity index (χ0v) is 16.7. The summed E-state index contributed by atoms with van der Waals surface area (Å²) >= 11 is 1.19. The molecule has 0 atom stereocenters. The molecule has 2 N–H and O–H groups in total. The highest BCUT2D eigenvalue weighted by Gasteiger charge is 2.34. The number of alkyl halides is 3. The zero-order valence-electron chi connectivity index (χ0n) is 15.9. The molecule has 0 saturated carbocycles. The van der Waals surface area contributed by atoms with E-state index in [-0.39, 0.29) is 17.0 Å². The van der Waals surface area contributed by atoms with Gasteiger partial charge in [0, 0.05) is 16.1 Å². The predicted octanol–water partition coefficient (Wildman–Crippen LogP) is 5.83. The van der Waals surface area contributed by atoms with E-state index in [1.54, 1.807) is 24.3 Å². The van der Waals surface area contributed by atoms with E-state index in [1.165, 1.54) is 30.0 Å². The molecular weight excluding hydrogens is 432 g/mol. The van der Waals surface area contributed by atoms with Crippen LogP contribution in [0, 0.1) is 5.82 Å². The summed E-state index contributed by atoms with van der Waals surface area (Å²) in [5.74, 6) is -1.89. The van der Waals surface area contributed by atoms with Gasteiger partial charge in [-0.15, -0.1) is 11.8 Å². The summed E-state index contributed by atoms with van der Waals surface area (Å²) in [7, 11) is 0. The second-order valence-electron chi connectivity index (χ2n) is 6.37. The second kappa shape index (κ2) is 9.65. The van der Waals surface area contributed by atoms with E-state index >= 15 is 0 Å². The Balaban J connectivity index is 1.73. The van der Waals surface area contributed by atoms with Crippen molar-refractivity contribution in [2.45, 2.75) is 11.1 Å². The number of carbonyl (C=O) groups excluding carboxylic acids is 2. The molecule has 0 saturated heterocycles. The molecule has 3 rings (SSSR count). The number of anilines is 2. The third-order valence-electron chi connectivity index (χ3n) is 4.08. The maximum Gasteiger partial charge on any atom is 0.418 e. The fourth-order valence-corrected chi connectivity index (χ4v) is 3.34. The van der Waals surface area contributed by atoms with Gasteiger partial charge in [0.25, 0.3) is 5.91 Å². The lowest BCUT2D eigenvalue weighted by Gasteiger charge is -2.16. The van der Waals surface area contributed by atoms with Crippen molar-refractivity contribution < 1.29 is 27.2 Å². The number of hydrogen-bond donors (Lipinski definition) is 2. The molecule has 3 aromatic carbocycles. The molecule has 0 aromatic heterocycles. The Morgan fingerprint density at radius 2 is 1.55 bits per heavy atom. The second-order valence-corrected chi connectivity index (χ2v) is 7.42. The van der Waals surface area contributed by atoms with Crippen LogP contribution < -0.4 is 10.6 Å². The van der Waals surface area contributed by atoms with E-state index in [1.807, 2.05) is 6.07 Å². The van der Waals surface area contributed by atoms with E-state index < -0.39 is 35.1 Å². The summed E-state index contributed by atoms with van der Waals surface area (Å²) in [6.45, 7) is 0. The van der Waals surface area contributed by atoms with Crippen molar-refractivity contribution in [3.05, 3.63) is 89.7 Å². The Kier molecular flexibility index (Phi) is 6.96. The highest BCUT2D eigenvalue weighted by Crippen LogP contribution is 2.37. The third kappa shape index (κ3) is 6.32. The van der Waals surface area contributed by atoms with Gasteiger partial charge in [0.05, 0.1) is 17.0 Å². The van der Waals surface area contributed by atoms with E-state index in [0.717, 1.165) is 29.2 Å². The molecule has 0 aliphatic heterocycles. The van der Waals surface area contributed by atoms with Crippen LogP contribution in [-0.4, -0.2) is 17.6 Å². The number of nitrogens with one attached hydrogen (secondary N) is 2. The van der Waals surface area contributed by atoms with E-state index in [9.17, 15) is 27.2 Å². The summed E-state index contributed by atoms with van der Waals surface area (Å²) in [5.41, 5.74) is -1.53. The first-order valence-electron chi connectivity index (χ1n) is 8.98. The van der Waals surface area contributed by atoms with Gasteiger partial charge >= 0.3 is 6.18 Å². The van der Waals surface area contributed by atoms with Gasteiger partial charge in [-0.2, -0.15) is 13.2 Å². The first-order chi connectivity index (χ1) is 14.7. The van der Waals surface area contributed by atoms with E-state index in [4.69, 9.17) is 0 Å². The first kappa shape index (κ1) is 22.4. The highest BCUT2D eigenvalue weighted by molar-refractivity contribution is 8.00. The van der Waals surface area contributed by atoms with Crippen LogP contribution in [0.3, 0.4) is 0 Å². The SMILES string of the molecule is O=C(CSc1ccccc1)Nc1ccc(NC(=O)c2ccc(F)cc2)cc1C(F)(F)F. The maximum absolute atomic E-state index is 13.5. The van der Waals surface area contributed by atoms with Crippen molar-refractivity contribution in [1.29, 1.82) is 0 Å². The minimum atomic E-state index is -4.76. The topological polar surface area (TPSA) is 58.2 Å². The summed E-state index contributed by atoms with van der Waals surface area (Å²) < 4.78 is 53.5. The lowest BCUT2D eigenvalue weighted by molar-refractivity contribution is -0.136. The first-order valence-corrected chi connectivity index (χ1v) is 9.97. The van der Waals surface area contributed by atoms with Gasteiger partial charge in [0.1, 0.15) is 5.82 Å². The smallest absolute Gasteiger partial charge is 0.325 e. The van der Waals surface area contributed by atoms with Crippen LogP contribution in [0.2, 0.25) is 0 Å². The largest absolute Gasteiger partial charge is 0.418 e. The van der Waals surface area contributed by atoms with Crippen LogP contribution in [0.1, 0.15) is 15.9 Å². The molecule has 4 nitrogen and oxygen atoms in total. The van der Waals surface area contributed by atoms with Gasteiger partial charge in [-0.3, -0.25) is 9.59 Å². The number of amides is 2. The fraction of sp³-hybridized carbons (Fsp3) is 0.0909. The molecule has 0 fully saturated rings. The Hall–Kier alpha value is -3.33. The maximum atomic E-state index is 13.5. The van der Waals surface area contributed by atoms with Crippen LogP contribution in [0.4, 0.5) is 28.9 Å². The summed E-state index contributed by atoms with van der Waals surface area (Å²) in [6, 6.07) is 16.6. The summed E-state index contributed by atoms with van der Waals surface area (Å²) in [4.78, 5) is 25.1. The molecule has 0 bridgehead atoms. The van der Waals surface area contributed by atoms with Crippen LogP contribution in [-0.2, 0) is 11.0 Å². The Morgan fingerprint density at radius 1 is 0.871 bits per heavy atom. The molecular formula is C22H16F4N2O2S. The van der Waals surface area contributed by atoms with Gasteiger partial charge in [0.15, 0.2) is 0 Å². The van der Waals surface area contributed by atoms with E-state index in [0.29, 0.717) is 0 Å². The molecule has 0 aliphatic carbocycles. The molecule has 3 aromatic rings. The quantitative estimate of drug-likeness (QED) is 0.369. The summed E-state index contributed by atoms with van der Waals surface area (Å²) in [6.07, 6.45) is -4.76. The minimum absolute atomic E-state index is 0.0651. The number of carbonyl (C=O) groups is 2. The predicted molar refractivity (Wildman–Crippen MR) is 112 cm³/mol. The Bertz CT molecular complexity index is 1070. The van der Waals surface area contributed by atoms with Crippen molar-refractivity contribution in [2.75, 3.05) is 16.4 Å². The average Bonchev–Trinajstić information content (AvgIpc) is 2.74. The van der Waals surface area contributed by atoms with Crippen molar-refractivity contribution in [3.8, 4) is 0 Å². The van der Waals surface area contributed by atoms with Gasteiger partial charge in [-0.1, -0.05) is 18.2 Å². The number of thioether (sulfide) groups is 1. The van der Waals surface area contributed by atoms with Crippen molar-refractivity contribution in [2.24, 2.45) is 0 Å². The lowest BCUT2D eigenvalue weighted by Crippen LogP contribution is -2.19.